The Balaban J connectivity index is 2.65. The second kappa shape index (κ2) is 7.30. The normalized spacial score (nSPS) is 22.3. The quantitative estimate of drug-likeness (QED) is 0.751. The Morgan fingerprint density at radius 2 is 2.16 bits per heavy atom. The summed E-state index contributed by atoms with van der Waals surface area (Å²) in [5.41, 5.74) is 0. The minimum absolute atomic E-state index is 0.00802. The number of aliphatic carboxylic acids is 1. The number of hydrogen-bond donors (Lipinski definition) is 1. The summed E-state index contributed by atoms with van der Waals surface area (Å²) < 4.78 is 10.3. The van der Waals surface area contributed by atoms with Gasteiger partial charge < -0.3 is 24.4 Å². The zero-order chi connectivity index (χ0) is 14.4. The van der Waals surface area contributed by atoms with Crippen LogP contribution < -0.4 is 0 Å². The van der Waals surface area contributed by atoms with Crippen molar-refractivity contribution in [3.63, 3.8) is 0 Å². The molecule has 1 heterocycles. The summed E-state index contributed by atoms with van der Waals surface area (Å²) in [5.74, 6) is -1.03. The van der Waals surface area contributed by atoms with E-state index in [0.717, 1.165) is 6.42 Å². The van der Waals surface area contributed by atoms with Crippen LogP contribution in [-0.4, -0.2) is 79.5 Å². The molecule has 1 N–H and O–H groups in total. The molecule has 7 nitrogen and oxygen atoms in total. The van der Waals surface area contributed by atoms with E-state index in [0.29, 0.717) is 13.2 Å². The van der Waals surface area contributed by atoms with Crippen LogP contribution in [0, 0.1) is 0 Å². The van der Waals surface area contributed by atoms with Gasteiger partial charge in [-0.3, -0.25) is 4.79 Å². The van der Waals surface area contributed by atoms with Gasteiger partial charge in [0.2, 0.25) is 0 Å². The maximum Gasteiger partial charge on any atom is 0.323 e. The van der Waals surface area contributed by atoms with Gasteiger partial charge >= 0.3 is 12.0 Å². The van der Waals surface area contributed by atoms with E-state index < -0.39 is 5.97 Å². The van der Waals surface area contributed by atoms with Crippen molar-refractivity contribution in [2.45, 2.75) is 25.5 Å². The van der Waals surface area contributed by atoms with Crippen LogP contribution in [-0.2, 0) is 14.3 Å². The first-order valence-electron chi connectivity index (χ1n) is 6.31. The van der Waals surface area contributed by atoms with Crippen LogP contribution in [0.5, 0.6) is 0 Å². The van der Waals surface area contributed by atoms with Crippen molar-refractivity contribution in [1.29, 1.82) is 0 Å². The van der Waals surface area contributed by atoms with Gasteiger partial charge in [0.05, 0.1) is 18.8 Å². The minimum Gasteiger partial charge on any atom is -0.480 e. The number of carboxylic acids is 1. The number of methoxy groups -OCH3 is 1. The Kier molecular flexibility index (Phi) is 6.04. The maximum absolute atomic E-state index is 12.3. The molecule has 1 aliphatic heterocycles. The zero-order valence-corrected chi connectivity index (χ0v) is 11.7. The molecule has 0 aromatic carbocycles. The molecule has 0 spiro atoms. The Labute approximate surface area is 113 Å². The maximum atomic E-state index is 12.3. The molecule has 0 radical (unpaired) electrons. The van der Waals surface area contributed by atoms with Crippen molar-refractivity contribution in [2.24, 2.45) is 0 Å². The monoisotopic (exact) mass is 274 g/mol. The Morgan fingerprint density at radius 1 is 1.47 bits per heavy atom. The zero-order valence-electron chi connectivity index (χ0n) is 11.7. The molecular weight excluding hydrogens is 252 g/mol. The van der Waals surface area contributed by atoms with Gasteiger partial charge in [0, 0.05) is 27.3 Å². The Bertz CT molecular complexity index is 323. The molecular formula is C12H22N2O5. The summed E-state index contributed by atoms with van der Waals surface area (Å²) in [6.07, 6.45) is 0.747. The van der Waals surface area contributed by atoms with E-state index >= 15 is 0 Å². The number of urea groups is 1. The molecule has 110 valence electrons. The molecule has 2 amide bonds. The first kappa shape index (κ1) is 15.7. The van der Waals surface area contributed by atoms with Crippen LogP contribution in [0.3, 0.4) is 0 Å². The number of amides is 2. The second-order valence-electron chi connectivity index (χ2n) is 4.63. The average molecular weight is 274 g/mol. The summed E-state index contributed by atoms with van der Waals surface area (Å²) in [6, 6.07) is -0.312. The van der Waals surface area contributed by atoms with E-state index in [2.05, 4.69) is 0 Å². The number of carbonyl (C=O) groups excluding carboxylic acids is 1. The molecule has 1 fully saturated rings. The van der Waals surface area contributed by atoms with E-state index in [1.165, 1.54) is 12.0 Å². The van der Waals surface area contributed by atoms with Gasteiger partial charge in [-0.2, -0.15) is 0 Å². The van der Waals surface area contributed by atoms with Gasteiger partial charge in [-0.05, 0) is 13.3 Å². The highest BCUT2D eigenvalue weighted by Gasteiger charge is 2.33. The first-order chi connectivity index (χ1) is 8.97. The van der Waals surface area contributed by atoms with Gasteiger partial charge in [-0.1, -0.05) is 0 Å². The first-order valence-corrected chi connectivity index (χ1v) is 6.31. The highest BCUT2D eigenvalue weighted by atomic mass is 16.5. The fourth-order valence-corrected chi connectivity index (χ4v) is 2.20. The lowest BCUT2D eigenvalue weighted by Gasteiger charge is -2.32. The van der Waals surface area contributed by atoms with Crippen molar-refractivity contribution in [3.05, 3.63) is 0 Å². The van der Waals surface area contributed by atoms with Gasteiger partial charge in [0.1, 0.15) is 6.54 Å². The fourth-order valence-electron chi connectivity index (χ4n) is 2.20. The predicted molar refractivity (Wildman–Crippen MR) is 68.1 cm³/mol. The molecule has 1 rings (SSSR count). The number of carbonyl (C=O) groups is 2. The molecule has 0 bridgehead atoms. The Hall–Kier alpha value is -1.34. The van der Waals surface area contributed by atoms with Gasteiger partial charge in [-0.15, -0.1) is 0 Å². The molecule has 0 aromatic rings. The summed E-state index contributed by atoms with van der Waals surface area (Å²) in [7, 11) is 3.19. The largest absolute Gasteiger partial charge is 0.480 e. The number of likely N-dealkylation sites (N-methyl/N-ethyl adjacent to an activating group) is 1. The third-order valence-electron chi connectivity index (χ3n) is 3.30. The number of ether oxygens (including phenoxy) is 2. The molecule has 0 aromatic heterocycles. The topological polar surface area (TPSA) is 79.3 Å². The van der Waals surface area contributed by atoms with Gasteiger partial charge in [0.15, 0.2) is 0 Å². The van der Waals surface area contributed by atoms with E-state index in [1.807, 2.05) is 6.92 Å². The Morgan fingerprint density at radius 3 is 2.63 bits per heavy atom. The molecule has 19 heavy (non-hydrogen) atoms. The number of rotatable bonds is 6. The number of hydrogen-bond acceptors (Lipinski definition) is 4. The number of carboxylic acid groups (broad SMARTS) is 1. The smallest absolute Gasteiger partial charge is 0.323 e. The van der Waals surface area contributed by atoms with Crippen molar-refractivity contribution in [3.8, 4) is 0 Å². The van der Waals surface area contributed by atoms with Crippen molar-refractivity contribution in [2.75, 3.05) is 40.5 Å². The van der Waals surface area contributed by atoms with Gasteiger partial charge in [-0.25, -0.2) is 4.79 Å². The summed E-state index contributed by atoms with van der Waals surface area (Å²) in [6.45, 7) is 2.78. The lowest BCUT2D eigenvalue weighted by atomic mass is 10.1. The standard InChI is InChI=1S/C12H22N2O5/c1-9-10(4-6-19-9)13(2)12(17)14(5-7-18-3)8-11(15)16/h9-10H,4-8H2,1-3H3,(H,15,16). The van der Waals surface area contributed by atoms with Crippen LogP contribution >= 0.6 is 0 Å². The van der Waals surface area contributed by atoms with Crippen LogP contribution in [0.15, 0.2) is 0 Å². The van der Waals surface area contributed by atoms with E-state index in [-0.39, 0.29) is 31.3 Å². The van der Waals surface area contributed by atoms with Crippen LogP contribution in [0.4, 0.5) is 4.79 Å². The summed E-state index contributed by atoms with van der Waals surface area (Å²) >= 11 is 0. The highest BCUT2D eigenvalue weighted by molar-refractivity contribution is 5.80. The molecule has 1 saturated heterocycles. The lowest BCUT2D eigenvalue weighted by Crippen LogP contribution is -2.50. The second-order valence-corrected chi connectivity index (χ2v) is 4.63. The molecule has 2 unspecified atom stereocenters. The van der Waals surface area contributed by atoms with Crippen molar-refractivity contribution < 1.29 is 24.2 Å². The highest BCUT2D eigenvalue weighted by Crippen LogP contribution is 2.19. The van der Waals surface area contributed by atoms with Crippen LogP contribution in [0.25, 0.3) is 0 Å². The predicted octanol–water partition coefficient (Wildman–Crippen LogP) is 0.249. The van der Waals surface area contributed by atoms with Gasteiger partial charge in [0.25, 0.3) is 0 Å². The molecule has 0 aliphatic carbocycles. The lowest BCUT2D eigenvalue weighted by molar-refractivity contribution is -0.137. The van der Waals surface area contributed by atoms with Crippen LogP contribution in [0.2, 0.25) is 0 Å². The average Bonchev–Trinajstić information content (AvgIpc) is 2.78. The van der Waals surface area contributed by atoms with E-state index in [9.17, 15) is 9.59 Å². The van der Waals surface area contributed by atoms with E-state index in [4.69, 9.17) is 14.6 Å². The minimum atomic E-state index is -1.03. The molecule has 2 atom stereocenters. The van der Waals surface area contributed by atoms with Crippen molar-refractivity contribution >= 4 is 12.0 Å². The summed E-state index contributed by atoms with van der Waals surface area (Å²) in [5, 5.41) is 8.85. The molecule has 7 heteroatoms. The molecule has 0 saturated carbocycles. The number of nitrogens with zero attached hydrogens (tertiary/aromatic N) is 2. The third-order valence-corrected chi connectivity index (χ3v) is 3.30. The van der Waals surface area contributed by atoms with E-state index in [1.54, 1.807) is 11.9 Å². The third kappa shape index (κ3) is 4.36. The van der Waals surface area contributed by atoms with Crippen molar-refractivity contribution in [1.82, 2.24) is 9.80 Å². The summed E-state index contributed by atoms with van der Waals surface area (Å²) in [4.78, 5) is 25.9. The SMILES string of the molecule is COCCN(CC(=O)O)C(=O)N(C)C1CCOC1C. The fraction of sp³-hybridized carbons (Fsp3) is 0.833. The molecule has 1 aliphatic rings. The van der Waals surface area contributed by atoms with Crippen LogP contribution in [0.1, 0.15) is 13.3 Å².